The predicted molar refractivity (Wildman–Crippen MR) is 133 cm³/mol. The minimum Gasteiger partial charge on any atom is -0.461 e. The third kappa shape index (κ3) is 7.99. The highest BCUT2D eigenvalue weighted by Crippen LogP contribution is 2.16. The maximum Gasteiger partial charge on any atom is 0.410 e. The molecule has 0 saturated carbocycles. The molecule has 1 saturated heterocycles. The molecule has 3 rings (SSSR count). The van der Waals surface area contributed by atoms with Crippen LogP contribution < -0.4 is 10.6 Å². The van der Waals surface area contributed by atoms with E-state index in [9.17, 15) is 4.79 Å². The van der Waals surface area contributed by atoms with Gasteiger partial charge in [0.25, 0.3) is 0 Å². The van der Waals surface area contributed by atoms with E-state index in [1.54, 1.807) is 17.2 Å². The molecule has 1 unspecified atom stereocenters. The number of piperidine rings is 1. The minimum atomic E-state index is -0.495. The summed E-state index contributed by atoms with van der Waals surface area (Å²) < 4.78 is 10.8. The number of likely N-dealkylation sites (tertiary alicyclic amines) is 1. The summed E-state index contributed by atoms with van der Waals surface area (Å²) in [5.41, 5.74) is -0.495. The average molecular weight is 559 g/mol. The van der Waals surface area contributed by atoms with Gasteiger partial charge < -0.3 is 24.7 Å². The van der Waals surface area contributed by atoms with E-state index in [2.05, 4.69) is 30.8 Å². The maximum absolute atomic E-state index is 12.4. The number of carbonyl (C=O) groups is 1. The monoisotopic (exact) mass is 559 g/mol. The number of carbonyl (C=O) groups excluding carboxylic acids is 1. The van der Waals surface area contributed by atoms with Crippen LogP contribution >= 0.6 is 24.0 Å². The first-order valence-electron chi connectivity index (χ1n) is 10.8. The third-order valence-electron chi connectivity index (χ3n) is 4.65. The van der Waals surface area contributed by atoms with Crippen molar-refractivity contribution in [3.63, 3.8) is 0 Å². The number of halogens is 1. The van der Waals surface area contributed by atoms with Crippen LogP contribution in [0.25, 0.3) is 11.6 Å². The van der Waals surface area contributed by atoms with Crippen molar-refractivity contribution < 1.29 is 13.9 Å². The number of furan rings is 1. The van der Waals surface area contributed by atoms with E-state index < -0.39 is 5.60 Å². The zero-order chi connectivity index (χ0) is 22.3. The van der Waals surface area contributed by atoms with Crippen LogP contribution in [-0.4, -0.2) is 70.0 Å². The standard InChI is InChI=1S/C21H33N7O3.HI/c1-5-22-19(23-11-10-17-25-18(27-26-17)16-9-7-13-30-16)24-15-8-6-12-28(14-15)20(29)31-21(2,3)4;/h7,9,13,15H,5-6,8,10-12,14H2,1-4H3,(H2,22,23,24)(H,25,26,27);1H. The molecule has 11 heteroatoms. The van der Waals surface area contributed by atoms with Gasteiger partial charge in [0.2, 0.25) is 5.82 Å². The molecule has 178 valence electrons. The Hall–Kier alpha value is -2.31. The van der Waals surface area contributed by atoms with Crippen LogP contribution in [0.3, 0.4) is 0 Å². The van der Waals surface area contributed by atoms with Gasteiger partial charge in [-0.1, -0.05) is 0 Å². The summed E-state index contributed by atoms with van der Waals surface area (Å²) in [6.07, 6.45) is 3.85. The summed E-state index contributed by atoms with van der Waals surface area (Å²) >= 11 is 0. The van der Waals surface area contributed by atoms with E-state index in [4.69, 9.17) is 9.15 Å². The number of hydrogen-bond acceptors (Lipinski definition) is 6. The second kappa shape index (κ2) is 12.1. The highest BCUT2D eigenvalue weighted by molar-refractivity contribution is 14.0. The number of H-pyrrole nitrogens is 1. The molecule has 0 bridgehead atoms. The normalized spacial score (nSPS) is 16.9. The molecule has 1 aliphatic rings. The van der Waals surface area contributed by atoms with Crippen LogP contribution in [0, 0.1) is 0 Å². The molecule has 3 N–H and O–H groups in total. The minimum absolute atomic E-state index is 0. The van der Waals surface area contributed by atoms with Crippen molar-refractivity contribution in [2.75, 3.05) is 26.2 Å². The Balaban J connectivity index is 0.00000363. The van der Waals surface area contributed by atoms with Gasteiger partial charge in [0.05, 0.1) is 6.26 Å². The van der Waals surface area contributed by atoms with Crippen LogP contribution in [0.4, 0.5) is 4.79 Å². The highest BCUT2D eigenvalue weighted by atomic mass is 127. The number of aliphatic imine (C=N–C) groups is 1. The summed E-state index contributed by atoms with van der Waals surface area (Å²) in [5.74, 6) is 2.65. The number of amides is 1. The largest absolute Gasteiger partial charge is 0.461 e. The van der Waals surface area contributed by atoms with Crippen molar-refractivity contribution in [1.29, 1.82) is 0 Å². The number of nitrogens with one attached hydrogen (secondary N) is 3. The van der Waals surface area contributed by atoms with Crippen LogP contribution in [0.15, 0.2) is 27.8 Å². The molecule has 3 heterocycles. The summed E-state index contributed by atoms with van der Waals surface area (Å²) in [6, 6.07) is 3.75. The number of nitrogens with zero attached hydrogens (tertiary/aromatic N) is 4. The lowest BCUT2D eigenvalue weighted by atomic mass is 10.1. The van der Waals surface area contributed by atoms with Crippen molar-refractivity contribution in [3.8, 4) is 11.6 Å². The van der Waals surface area contributed by atoms with E-state index in [0.29, 0.717) is 37.6 Å². The Labute approximate surface area is 206 Å². The van der Waals surface area contributed by atoms with Gasteiger partial charge in [-0.25, -0.2) is 9.78 Å². The molecular formula is C21H34IN7O3. The first-order chi connectivity index (χ1) is 14.8. The van der Waals surface area contributed by atoms with Gasteiger partial charge >= 0.3 is 6.09 Å². The fraction of sp³-hybridized carbons (Fsp3) is 0.619. The van der Waals surface area contributed by atoms with Gasteiger partial charge in [0, 0.05) is 38.6 Å². The van der Waals surface area contributed by atoms with Crippen LogP contribution in [-0.2, 0) is 11.2 Å². The van der Waals surface area contributed by atoms with Crippen molar-refractivity contribution in [2.24, 2.45) is 4.99 Å². The maximum atomic E-state index is 12.4. The van der Waals surface area contributed by atoms with Gasteiger partial charge in [-0.3, -0.25) is 10.1 Å². The van der Waals surface area contributed by atoms with Gasteiger partial charge in [-0.2, -0.15) is 5.10 Å². The van der Waals surface area contributed by atoms with Crippen molar-refractivity contribution in [3.05, 3.63) is 24.2 Å². The Morgan fingerprint density at radius 3 is 2.94 bits per heavy atom. The van der Waals surface area contributed by atoms with E-state index in [-0.39, 0.29) is 36.1 Å². The highest BCUT2D eigenvalue weighted by Gasteiger charge is 2.28. The molecule has 0 spiro atoms. The predicted octanol–water partition coefficient (Wildman–Crippen LogP) is 3.18. The average Bonchev–Trinajstić information content (AvgIpc) is 3.39. The molecular weight excluding hydrogens is 525 g/mol. The Bertz CT molecular complexity index is 861. The Morgan fingerprint density at radius 2 is 2.25 bits per heavy atom. The second-order valence-electron chi connectivity index (χ2n) is 8.50. The molecule has 0 aromatic carbocycles. The lowest BCUT2D eigenvalue weighted by Gasteiger charge is -2.35. The molecule has 32 heavy (non-hydrogen) atoms. The van der Waals surface area contributed by atoms with Crippen LogP contribution in [0.5, 0.6) is 0 Å². The van der Waals surface area contributed by atoms with Crippen LogP contribution in [0.2, 0.25) is 0 Å². The van der Waals surface area contributed by atoms with Crippen molar-refractivity contribution >= 4 is 36.0 Å². The summed E-state index contributed by atoms with van der Waals surface area (Å²) in [7, 11) is 0. The number of aromatic nitrogens is 3. The van der Waals surface area contributed by atoms with Crippen molar-refractivity contribution in [1.82, 2.24) is 30.7 Å². The fourth-order valence-corrected chi connectivity index (χ4v) is 3.30. The van der Waals surface area contributed by atoms with E-state index >= 15 is 0 Å². The topological polar surface area (TPSA) is 121 Å². The lowest BCUT2D eigenvalue weighted by molar-refractivity contribution is 0.0193. The lowest BCUT2D eigenvalue weighted by Crippen LogP contribution is -2.53. The number of guanidine groups is 1. The first kappa shape index (κ1) is 25.9. The van der Waals surface area contributed by atoms with Gasteiger partial charge in [-0.05, 0) is 52.7 Å². The zero-order valence-corrected chi connectivity index (χ0v) is 21.5. The summed E-state index contributed by atoms with van der Waals surface area (Å²) in [5, 5.41) is 13.8. The Kier molecular flexibility index (Phi) is 9.79. The molecule has 0 aliphatic carbocycles. The fourth-order valence-electron chi connectivity index (χ4n) is 3.30. The molecule has 2 aromatic heterocycles. The van der Waals surface area contributed by atoms with Crippen molar-refractivity contribution in [2.45, 2.75) is 58.6 Å². The van der Waals surface area contributed by atoms with E-state index in [1.165, 1.54) is 0 Å². The summed E-state index contributed by atoms with van der Waals surface area (Å²) in [6.45, 7) is 10.3. The summed E-state index contributed by atoms with van der Waals surface area (Å²) in [4.78, 5) is 23.3. The molecule has 1 aliphatic heterocycles. The van der Waals surface area contributed by atoms with Gasteiger partial charge in [0.1, 0.15) is 11.4 Å². The molecule has 1 amide bonds. The quantitative estimate of drug-likeness (QED) is 0.283. The molecule has 2 aromatic rings. The molecule has 1 fully saturated rings. The SMILES string of the molecule is CCNC(=NCCc1nc(-c2ccco2)n[nH]1)NC1CCCN(C(=O)OC(C)(C)C)C1.I. The van der Waals surface area contributed by atoms with Crippen LogP contribution in [0.1, 0.15) is 46.4 Å². The Morgan fingerprint density at radius 1 is 1.44 bits per heavy atom. The number of hydrogen-bond donors (Lipinski definition) is 3. The van der Waals surface area contributed by atoms with Gasteiger partial charge in [-0.15, -0.1) is 24.0 Å². The smallest absolute Gasteiger partial charge is 0.410 e. The second-order valence-corrected chi connectivity index (χ2v) is 8.50. The number of rotatable bonds is 6. The first-order valence-corrected chi connectivity index (χ1v) is 10.8. The molecule has 0 radical (unpaired) electrons. The van der Waals surface area contributed by atoms with E-state index in [0.717, 1.165) is 31.2 Å². The molecule has 1 atom stereocenters. The van der Waals surface area contributed by atoms with Gasteiger partial charge in [0.15, 0.2) is 11.7 Å². The third-order valence-corrected chi connectivity index (χ3v) is 4.65. The molecule has 10 nitrogen and oxygen atoms in total. The number of ether oxygens (including phenoxy) is 1. The number of aromatic amines is 1. The zero-order valence-electron chi connectivity index (χ0n) is 19.2. The van der Waals surface area contributed by atoms with E-state index in [1.807, 2.05) is 33.8 Å².